The van der Waals surface area contributed by atoms with Crippen LogP contribution >= 0.6 is 11.8 Å². The Bertz CT molecular complexity index is 365. The topological polar surface area (TPSA) is 58.4 Å². The van der Waals surface area contributed by atoms with Gasteiger partial charge >= 0.3 is 0 Å². The molecule has 1 aromatic rings. The maximum absolute atomic E-state index is 11.9. The van der Waals surface area contributed by atoms with Gasteiger partial charge in [-0.1, -0.05) is 30.3 Å². The summed E-state index contributed by atoms with van der Waals surface area (Å²) < 4.78 is 0. The van der Waals surface area contributed by atoms with E-state index in [1.807, 2.05) is 42.1 Å². The minimum absolute atomic E-state index is 0.136. The van der Waals surface area contributed by atoms with Crippen LogP contribution in [0.5, 0.6) is 0 Å². The van der Waals surface area contributed by atoms with Gasteiger partial charge in [0.15, 0.2) is 0 Å². The van der Waals surface area contributed by atoms with Crippen LogP contribution in [0.4, 0.5) is 0 Å². The second-order valence-corrected chi connectivity index (χ2v) is 5.19. The highest BCUT2D eigenvalue weighted by Crippen LogP contribution is 2.24. The van der Waals surface area contributed by atoms with E-state index in [0.717, 1.165) is 30.2 Å². The molecule has 92 valence electrons. The number of carbonyl (C=O) groups is 1. The normalized spacial score (nSPS) is 18.6. The van der Waals surface area contributed by atoms with Crippen molar-refractivity contribution in [3.63, 3.8) is 0 Å². The molecule has 0 saturated carbocycles. The summed E-state index contributed by atoms with van der Waals surface area (Å²) in [4.78, 5) is 14.1. The molecule has 0 spiro atoms. The lowest BCUT2D eigenvalue weighted by Crippen LogP contribution is -2.46. The Kier molecular flexibility index (Phi) is 4.42. The molecule has 2 rings (SSSR count). The first-order valence-electron chi connectivity index (χ1n) is 5.70. The molecule has 1 aromatic carbocycles. The van der Waals surface area contributed by atoms with Crippen LogP contribution in [-0.4, -0.2) is 35.4 Å². The third-order valence-electron chi connectivity index (χ3n) is 2.92. The van der Waals surface area contributed by atoms with Crippen LogP contribution in [0.3, 0.4) is 0 Å². The second-order valence-electron chi connectivity index (χ2n) is 3.97. The van der Waals surface area contributed by atoms with E-state index in [1.54, 1.807) is 0 Å². The fourth-order valence-corrected chi connectivity index (χ4v) is 3.01. The van der Waals surface area contributed by atoms with Gasteiger partial charge in [0.25, 0.3) is 5.91 Å². The number of thioether (sulfide) groups is 1. The Labute approximate surface area is 106 Å². The molecule has 0 aliphatic carbocycles. The molecule has 1 aliphatic heterocycles. The summed E-state index contributed by atoms with van der Waals surface area (Å²) in [5.41, 5.74) is 3.28. The van der Waals surface area contributed by atoms with Crippen molar-refractivity contribution >= 4 is 17.7 Å². The van der Waals surface area contributed by atoms with Crippen molar-refractivity contribution in [1.82, 2.24) is 10.3 Å². The number of carbonyl (C=O) groups excluding carboxylic acids is 1. The highest BCUT2D eigenvalue weighted by atomic mass is 32.2. The molecular formula is C12H17N3OS. The lowest BCUT2D eigenvalue weighted by atomic mass is 10.0. The lowest BCUT2D eigenvalue weighted by Gasteiger charge is -2.33. The zero-order valence-corrected chi connectivity index (χ0v) is 10.5. The van der Waals surface area contributed by atoms with Gasteiger partial charge in [-0.05, 0) is 5.56 Å². The summed E-state index contributed by atoms with van der Waals surface area (Å²) in [6.45, 7) is 1.86. The molecule has 17 heavy (non-hydrogen) atoms. The zero-order valence-electron chi connectivity index (χ0n) is 9.63. The summed E-state index contributed by atoms with van der Waals surface area (Å²) in [5, 5.41) is 0. The van der Waals surface area contributed by atoms with Crippen LogP contribution < -0.4 is 11.3 Å². The van der Waals surface area contributed by atoms with Gasteiger partial charge in [-0.15, -0.1) is 0 Å². The molecule has 0 aromatic heterocycles. The van der Waals surface area contributed by atoms with Crippen LogP contribution in [0.15, 0.2) is 30.3 Å². The predicted molar refractivity (Wildman–Crippen MR) is 70.4 cm³/mol. The minimum Gasteiger partial charge on any atom is -0.293 e. The number of hydrazine groups is 1. The molecule has 1 aliphatic rings. The van der Waals surface area contributed by atoms with E-state index < -0.39 is 0 Å². The molecule has 4 nitrogen and oxygen atoms in total. The molecular weight excluding hydrogens is 234 g/mol. The summed E-state index contributed by atoms with van der Waals surface area (Å²) in [6.07, 6.45) is 0. The first-order chi connectivity index (χ1) is 8.33. The Balaban J connectivity index is 2.21. The molecule has 0 radical (unpaired) electrons. The van der Waals surface area contributed by atoms with Crippen LogP contribution in [0.1, 0.15) is 11.6 Å². The van der Waals surface area contributed by atoms with Gasteiger partial charge in [-0.25, -0.2) is 5.84 Å². The highest BCUT2D eigenvalue weighted by Gasteiger charge is 2.28. The van der Waals surface area contributed by atoms with Gasteiger partial charge in [-0.3, -0.25) is 15.1 Å². The maximum Gasteiger partial charge on any atom is 0.255 e. The molecule has 0 bridgehead atoms. The van der Waals surface area contributed by atoms with Gasteiger partial charge in [0.2, 0.25) is 0 Å². The maximum atomic E-state index is 11.9. The highest BCUT2D eigenvalue weighted by molar-refractivity contribution is 7.99. The van der Waals surface area contributed by atoms with E-state index in [-0.39, 0.29) is 11.9 Å². The molecule has 1 heterocycles. The Hall–Kier alpha value is -1.04. The fourth-order valence-electron chi connectivity index (χ4n) is 2.08. The van der Waals surface area contributed by atoms with E-state index in [2.05, 4.69) is 10.3 Å². The standard InChI is InChI=1S/C12H17N3OS/c13-14-12(16)11(10-4-2-1-3-5-10)15-6-8-17-9-7-15/h1-5,11H,6-9,13H2,(H,14,16). The van der Waals surface area contributed by atoms with Gasteiger partial charge in [0.1, 0.15) is 6.04 Å². The van der Waals surface area contributed by atoms with Crippen molar-refractivity contribution in [2.75, 3.05) is 24.6 Å². The first kappa shape index (κ1) is 12.4. The van der Waals surface area contributed by atoms with Gasteiger partial charge in [0.05, 0.1) is 0 Å². The van der Waals surface area contributed by atoms with Gasteiger partial charge < -0.3 is 0 Å². The fraction of sp³-hybridized carbons (Fsp3) is 0.417. The number of nitrogens with two attached hydrogens (primary N) is 1. The van der Waals surface area contributed by atoms with Crippen molar-refractivity contribution in [2.45, 2.75) is 6.04 Å². The van der Waals surface area contributed by atoms with Crippen molar-refractivity contribution in [1.29, 1.82) is 0 Å². The van der Waals surface area contributed by atoms with Crippen LogP contribution in [-0.2, 0) is 4.79 Å². The number of hydrogen-bond acceptors (Lipinski definition) is 4. The average Bonchev–Trinajstić information content (AvgIpc) is 2.41. The summed E-state index contributed by atoms with van der Waals surface area (Å²) in [5.74, 6) is 7.29. The average molecular weight is 251 g/mol. The lowest BCUT2D eigenvalue weighted by molar-refractivity contribution is -0.126. The monoisotopic (exact) mass is 251 g/mol. The van der Waals surface area contributed by atoms with Crippen molar-refractivity contribution in [2.24, 2.45) is 5.84 Å². The van der Waals surface area contributed by atoms with Crippen LogP contribution in [0.25, 0.3) is 0 Å². The number of hydrogen-bond donors (Lipinski definition) is 2. The SMILES string of the molecule is NNC(=O)C(c1ccccc1)N1CCSCC1. The Morgan fingerprint density at radius 2 is 1.94 bits per heavy atom. The summed E-state index contributed by atoms with van der Waals surface area (Å²) in [6, 6.07) is 9.54. The van der Waals surface area contributed by atoms with Crippen molar-refractivity contribution < 1.29 is 4.79 Å². The number of benzene rings is 1. The third kappa shape index (κ3) is 3.00. The quantitative estimate of drug-likeness (QED) is 0.473. The Morgan fingerprint density at radius 1 is 1.29 bits per heavy atom. The Morgan fingerprint density at radius 3 is 2.53 bits per heavy atom. The first-order valence-corrected chi connectivity index (χ1v) is 6.85. The summed E-state index contributed by atoms with van der Waals surface area (Å²) in [7, 11) is 0. The molecule has 1 atom stereocenters. The molecule has 1 fully saturated rings. The number of rotatable bonds is 3. The van der Waals surface area contributed by atoms with E-state index in [4.69, 9.17) is 5.84 Å². The number of nitrogens with zero attached hydrogens (tertiary/aromatic N) is 1. The number of nitrogens with one attached hydrogen (secondary N) is 1. The van der Waals surface area contributed by atoms with Gasteiger partial charge in [0, 0.05) is 24.6 Å². The van der Waals surface area contributed by atoms with Crippen LogP contribution in [0, 0.1) is 0 Å². The van der Waals surface area contributed by atoms with E-state index in [0.29, 0.717) is 0 Å². The van der Waals surface area contributed by atoms with Crippen molar-refractivity contribution in [3.8, 4) is 0 Å². The second kappa shape index (κ2) is 6.05. The molecule has 1 amide bonds. The predicted octanol–water partition coefficient (Wildman–Crippen LogP) is 0.766. The molecule has 3 N–H and O–H groups in total. The molecule has 1 saturated heterocycles. The summed E-state index contributed by atoms with van der Waals surface area (Å²) >= 11 is 1.93. The van der Waals surface area contributed by atoms with Gasteiger partial charge in [-0.2, -0.15) is 11.8 Å². The zero-order chi connectivity index (χ0) is 12.1. The number of amides is 1. The van der Waals surface area contributed by atoms with Crippen molar-refractivity contribution in [3.05, 3.63) is 35.9 Å². The molecule has 1 unspecified atom stereocenters. The van der Waals surface area contributed by atoms with E-state index in [9.17, 15) is 4.79 Å². The minimum atomic E-state index is -0.262. The molecule has 5 heteroatoms. The van der Waals surface area contributed by atoms with E-state index in [1.165, 1.54) is 0 Å². The largest absolute Gasteiger partial charge is 0.293 e. The van der Waals surface area contributed by atoms with E-state index >= 15 is 0 Å². The van der Waals surface area contributed by atoms with Crippen LogP contribution in [0.2, 0.25) is 0 Å². The third-order valence-corrected chi connectivity index (χ3v) is 3.86. The smallest absolute Gasteiger partial charge is 0.255 e.